The van der Waals surface area contributed by atoms with Crippen molar-refractivity contribution >= 4 is 12.0 Å². The number of pyridine rings is 1. The van der Waals surface area contributed by atoms with Crippen LogP contribution in [0, 0.1) is 0 Å². The summed E-state index contributed by atoms with van der Waals surface area (Å²) in [6.07, 6.45) is 10.0. The van der Waals surface area contributed by atoms with Crippen LogP contribution in [0.15, 0.2) is 54.7 Å². The first kappa shape index (κ1) is 18.7. The lowest BCUT2D eigenvalue weighted by Gasteiger charge is -2.43. The first-order valence-corrected chi connectivity index (χ1v) is 10.0. The number of hydrogen-bond acceptors (Lipinski definition) is 4. The van der Waals surface area contributed by atoms with Gasteiger partial charge in [0.15, 0.2) is 0 Å². The molecule has 2 atom stereocenters. The quantitative estimate of drug-likeness (QED) is 0.742. The molecule has 2 aliphatic rings. The maximum Gasteiger partial charge on any atom is 0.246 e. The molecule has 28 heavy (non-hydrogen) atoms. The molecule has 1 amide bonds. The number of carbonyl (C=O) groups is 1. The molecule has 2 fully saturated rings. The number of aromatic nitrogens is 1. The fourth-order valence-electron chi connectivity index (χ4n) is 3.95. The lowest BCUT2D eigenvalue weighted by molar-refractivity contribution is -0.144. The molecule has 2 heterocycles. The third-order valence-corrected chi connectivity index (χ3v) is 5.43. The highest BCUT2D eigenvalue weighted by Crippen LogP contribution is 2.28. The van der Waals surface area contributed by atoms with Gasteiger partial charge in [-0.3, -0.25) is 9.78 Å². The van der Waals surface area contributed by atoms with E-state index >= 15 is 0 Å². The lowest BCUT2D eigenvalue weighted by Crippen LogP contribution is -2.54. The molecule has 4 rings (SSSR count). The molecular formula is C23H26N2O3. The summed E-state index contributed by atoms with van der Waals surface area (Å²) in [7, 11) is 0. The average Bonchev–Trinajstić information content (AvgIpc) is 2.77. The van der Waals surface area contributed by atoms with E-state index < -0.39 is 0 Å². The summed E-state index contributed by atoms with van der Waals surface area (Å²) < 4.78 is 11.6. The Kier molecular flexibility index (Phi) is 6.02. The van der Waals surface area contributed by atoms with Crippen LogP contribution in [0.2, 0.25) is 0 Å². The largest absolute Gasteiger partial charge is 0.487 e. The maximum absolute atomic E-state index is 12.7. The molecule has 5 heteroatoms. The molecule has 1 aliphatic carbocycles. The van der Waals surface area contributed by atoms with Gasteiger partial charge in [0.25, 0.3) is 0 Å². The van der Waals surface area contributed by atoms with Crippen LogP contribution in [-0.4, -0.2) is 41.1 Å². The van der Waals surface area contributed by atoms with E-state index in [2.05, 4.69) is 4.98 Å². The molecule has 2 unspecified atom stereocenters. The van der Waals surface area contributed by atoms with Gasteiger partial charge in [-0.05, 0) is 48.7 Å². The number of amides is 1. The fraction of sp³-hybridized carbons (Fsp3) is 0.391. The Hall–Kier alpha value is -2.66. The second-order valence-corrected chi connectivity index (χ2v) is 7.30. The third kappa shape index (κ3) is 4.60. The number of fused-ring (bicyclic) bond motifs is 1. The highest BCUT2D eigenvalue weighted by molar-refractivity contribution is 5.92. The Morgan fingerprint density at radius 3 is 2.86 bits per heavy atom. The van der Waals surface area contributed by atoms with Crippen molar-refractivity contribution in [2.45, 2.75) is 44.4 Å². The zero-order valence-corrected chi connectivity index (χ0v) is 16.0. The molecule has 5 nitrogen and oxygen atoms in total. The van der Waals surface area contributed by atoms with E-state index in [4.69, 9.17) is 9.47 Å². The lowest BCUT2D eigenvalue weighted by atomic mass is 9.90. The number of rotatable bonds is 5. The van der Waals surface area contributed by atoms with Crippen LogP contribution < -0.4 is 4.74 Å². The first-order chi connectivity index (χ1) is 13.8. The van der Waals surface area contributed by atoms with E-state index in [0.29, 0.717) is 19.8 Å². The van der Waals surface area contributed by atoms with Gasteiger partial charge in [-0.15, -0.1) is 0 Å². The zero-order valence-electron chi connectivity index (χ0n) is 16.0. The van der Waals surface area contributed by atoms with Crippen LogP contribution in [0.1, 0.15) is 36.9 Å². The number of benzene rings is 1. The van der Waals surface area contributed by atoms with Gasteiger partial charge in [0.05, 0.1) is 24.4 Å². The van der Waals surface area contributed by atoms with Crippen molar-refractivity contribution in [3.8, 4) is 5.75 Å². The summed E-state index contributed by atoms with van der Waals surface area (Å²) in [6, 6.07) is 13.8. The summed E-state index contributed by atoms with van der Waals surface area (Å²) in [5.74, 6) is 0.864. The first-order valence-electron chi connectivity index (χ1n) is 10.0. The van der Waals surface area contributed by atoms with Crippen molar-refractivity contribution in [2.75, 3.05) is 13.2 Å². The molecule has 1 aliphatic heterocycles. The second kappa shape index (κ2) is 9.02. The molecule has 0 spiro atoms. The minimum Gasteiger partial charge on any atom is -0.487 e. The van der Waals surface area contributed by atoms with Crippen LogP contribution in [0.4, 0.5) is 0 Å². The van der Waals surface area contributed by atoms with E-state index in [1.54, 1.807) is 12.3 Å². The average molecular weight is 378 g/mol. The SMILES string of the molecule is O=C(/C=C/c1ccc(OCc2ccccn2)cc1)N1CCOC2CCCCC21. The van der Waals surface area contributed by atoms with Gasteiger partial charge in [-0.1, -0.05) is 31.0 Å². The molecular weight excluding hydrogens is 352 g/mol. The summed E-state index contributed by atoms with van der Waals surface area (Å²) in [4.78, 5) is 18.9. The molecule has 1 saturated heterocycles. The molecule has 146 valence electrons. The molecule has 0 radical (unpaired) electrons. The van der Waals surface area contributed by atoms with Crippen LogP contribution in [0.25, 0.3) is 6.08 Å². The summed E-state index contributed by atoms with van der Waals surface area (Å²) >= 11 is 0. The van der Waals surface area contributed by atoms with Gasteiger partial charge in [-0.25, -0.2) is 0 Å². The zero-order chi connectivity index (χ0) is 19.2. The van der Waals surface area contributed by atoms with Crippen molar-refractivity contribution in [1.29, 1.82) is 0 Å². The summed E-state index contributed by atoms with van der Waals surface area (Å²) in [5, 5.41) is 0. The normalized spacial score (nSPS) is 22.1. The van der Waals surface area contributed by atoms with E-state index in [-0.39, 0.29) is 18.1 Å². The Morgan fingerprint density at radius 1 is 1.18 bits per heavy atom. The van der Waals surface area contributed by atoms with E-state index in [9.17, 15) is 4.79 Å². The summed E-state index contributed by atoms with van der Waals surface area (Å²) in [5.41, 5.74) is 1.87. The van der Waals surface area contributed by atoms with Crippen LogP contribution in [-0.2, 0) is 16.1 Å². The number of hydrogen-bond donors (Lipinski definition) is 0. The van der Waals surface area contributed by atoms with E-state index in [1.165, 1.54) is 12.8 Å². The van der Waals surface area contributed by atoms with Gasteiger partial charge in [0, 0.05) is 18.8 Å². The van der Waals surface area contributed by atoms with Crippen molar-refractivity contribution in [3.05, 3.63) is 66.0 Å². The van der Waals surface area contributed by atoms with Gasteiger partial charge >= 0.3 is 0 Å². The third-order valence-electron chi connectivity index (χ3n) is 5.43. The Bertz CT molecular complexity index is 802. The van der Waals surface area contributed by atoms with E-state index in [0.717, 1.165) is 29.8 Å². The van der Waals surface area contributed by atoms with E-state index in [1.807, 2.05) is 53.4 Å². The van der Waals surface area contributed by atoms with Crippen molar-refractivity contribution in [2.24, 2.45) is 0 Å². The fourth-order valence-corrected chi connectivity index (χ4v) is 3.95. The van der Waals surface area contributed by atoms with Gasteiger partial charge in [0.1, 0.15) is 12.4 Å². The molecule has 1 saturated carbocycles. The number of carbonyl (C=O) groups excluding carboxylic acids is 1. The monoisotopic (exact) mass is 378 g/mol. The highest BCUT2D eigenvalue weighted by Gasteiger charge is 2.35. The Morgan fingerprint density at radius 2 is 2.04 bits per heavy atom. The van der Waals surface area contributed by atoms with Crippen molar-refractivity contribution in [3.63, 3.8) is 0 Å². The predicted octanol–water partition coefficient (Wildman–Crippen LogP) is 3.84. The number of nitrogens with zero attached hydrogens (tertiary/aromatic N) is 2. The molecule has 0 N–H and O–H groups in total. The summed E-state index contributed by atoms with van der Waals surface area (Å²) in [6.45, 7) is 1.77. The van der Waals surface area contributed by atoms with Crippen LogP contribution >= 0.6 is 0 Å². The predicted molar refractivity (Wildman–Crippen MR) is 108 cm³/mol. The second-order valence-electron chi connectivity index (χ2n) is 7.30. The topological polar surface area (TPSA) is 51.7 Å². The minimum absolute atomic E-state index is 0.0793. The number of ether oxygens (including phenoxy) is 2. The molecule has 1 aromatic heterocycles. The smallest absolute Gasteiger partial charge is 0.246 e. The standard InChI is InChI=1S/C23H26N2O3/c26-23(25-15-16-27-22-7-2-1-6-21(22)25)13-10-18-8-11-20(12-9-18)28-17-19-5-3-4-14-24-19/h3-5,8-14,21-22H,1-2,6-7,15-17H2/b13-10+. The van der Waals surface area contributed by atoms with Crippen molar-refractivity contribution < 1.29 is 14.3 Å². The highest BCUT2D eigenvalue weighted by atomic mass is 16.5. The van der Waals surface area contributed by atoms with Crippen molar-refractivity contribution in [1.82, 2.24) is 9.88 Å². The molecule has 0 bridgehead atoms. The Labute approximate surface area is 166 Å². The van der Waals surface area contributed by atoms with Crippen LogP contribution in [0.5, 0.6) is 5.75 Å². The maximum atomic E-state index is 12.7. The van der Waals surface area contributed by atoms with Gasteiger partial charge in [-0.2, -0.15) is 0 Å². The van der Waals surface area contributed by atoms with Gasteiger partial charge in [0.2, 0.25) is 5.91 Å². The van der Waals surface area contributed by atoms with Gasteiger partial charge < -0.3 is 14.4 Å². The molecule has 2 aromatic rings. The minimum atomic E-state index is 0.0793. The van der Waals surface area contributed by atoms with Crippen LogP contribution in [0.3, 0.4) is 0 Å². The molecule has 1 aromatic carbocycles. The number of morpholine rings is 1. The Balaban J connectivity index is 1.33.